The van der Waals surface area contributed by atoms with Gasteiger partial charge in [0, 0.05) is 18.5 Å². The highest BCUT2D eigenvalue weighted by atomic mass is 35.5. The lowest BCUT2D eigenvalue weighted by Crippen LogP contribution is -2.44. The number of nitrogens with one attached hydrogen (secondary N) is 1. The number of amides is 1. The number of rotatable bonds is 4. The normalized spacial score (nSPS) is 28.1. The maximum atomic E-state index is 11.8. The van der Waals surface area contributed by atoms with E-state index in [0.29, 0.717) is 23.8 Å². The van der Waals surface area contributed by atoms with E-state index < -0.39 is 0 Å². The lowest BCUT2D eigenvalue weighted by atomic mass is 9.70. The summed E-state index contributed by atoms with van der Waals surface area (Å²) in [5.74, 6) is 0.747. The third kappa shape index (κ3) is 6.05. The molecule has 1 aliphatic carbocycles. The summed E-state index contributed by atoms with van der Waals surface area (Å²) in [6.45, 7) is 8.83. The highest BCUT2D eigenvalue weighted by molar-refractivity contribution is 5.85. The van der Waals surface area contributed by atoms with E-state index in [-0.39, 0.29) is 24.4 Å². The molecule has 4 heteroatoms. The van der Waals surface area contributed by atoms with Gasteiger partial charge in [0.1, 0.15) is 0 Å². The van der Waals surface area contributed by atoms with Crippen LogP contribution in [0.4, 0.5) is 0 Å². The van der Waals surface area contributed by atoms with Gasteiger partial charge in [-0.05, 0) is 43.9 Å². The second-order valence-corrected chi connectivity index (χ2v) is 6.57. The van der Waals surface area contributed by atoms with E-state index in [2.05, 4.69) is 26.1 Å². The molecule has 1 aliphatic rings. The molecule has 0 aromatic carbocycles. The van der Waals surface area contributed by atoms with Gasteiger partial charge < -0.3 is 11.1 Å². The van der Waals surface area contributed by atoms with E-state index in [4.69, 9.17) is 5.73 Å². The Balaban J connectivity index is 0.00000289. The summed E-state index contributed by atoms with van der Waals surface area (Å²) < 4.78 is 0. The zero-order valence-electron chi connectivity index (χ0n) is 12.2. The van der Waals surface area contributed by atoms with Gasteiger partial charge in [0.25, 0.3) is 0 Å². The smallest absolute Gasteiger partial charge is 0.220 e. The summed E-state index contributed by atoms with van der Waals surface area (Å²) in [6.07, 6.45) is 4.85. The minimum Gasteiger partial charge on any atom is -0.353 e. The molecule has 0 bridgehead atoms. The standard InChI is InChI=1S/C14H28N2O.ClH/c1-10-9-14(3,4)8-7-12(10)16-13(17)6-5-11(2)15;/h10-12H,5-9,15H2,1-4H3,(H,16,17);1H. The summed E-state index contributed by atoms with van der Waals surface area (Å²) >= 11 is 0. The Hall–Kier alpha value is -0.280. The van der Waals surface area contributed by atoms with Crippen molar-refractivity contribution in [3.05, 3.63) is 0 Å². The highest BCUT2D eigenvalue weighted by Gasteiger charge is 2.32. The third-order valence-electron chi connectivity index (χ3n) is 3.87. The summed E-state index contributed by atoms with van der Waals surface area (Å²) in [5.41, 5.74) is 6.09. The van der Waals surface area contributed by atoms with Crippen LogP contribution in [-0.2, 0) is 4.79 Å². The predicted molar refractivity (Wildman–Crippen MR) is 78.9 cm³/mol. The fourth-order valence-corrected chi connectivity index (χ4v) is 2.80. The van der Waals surface area contributed by atoms with Crippen molar-refractivity contribution in [2.24, 2.45) is 17.1 Å². The van der Waals surface area contributed by atoms with Crippen LogP contribution in [0.2, 0.25) is 0 Å². The van der Waals surface area contributed by atoms with Crippen LogP contribution in [0.1, 0.15) is 59.8 Å². The summed E-state index contributed by atoms with van der Waals surface area (Å²) in [4.78, 5) is 11.8. The summed E-state index contributed by atoms with van der Waals surface area (Å²) in [6, 6.07) is 0.479. The fraction of sp³-hybridized carbons (Fsp3) is 0.929. The number of hydrogen-bond acceptors (Lipinski definition) is 2. The van der Waals surface area contributed by atoms with Gasteiger partial charge in [-0.1, -0.05) is 20.8 Å². The Labute approximate surface area is 118 Å². The van der Waals surface area contributed by atoms with Gasteiger partial charge in [-0.3, -0.25) is 4.79 Å². The van der Waals surface area contributed by atoms with Crippen molar-refractivity contribution < 1.29 is 4.79 Å². The molecule has 1 fully saturated rings. The van der Waals surface area contributed by atoms with Crippen LogP contribution in [0.5, 0.6) is 0 Å². The quantitative estimate of drug-likeness (QED) is 0.830. The molecule has 1 saturated carbocycles. The molecule has 0 heterocycles. The average Bonchev–Trinajstić information content (AvgIpc) is 2.18. The van der Waals surface area contributed by atoms with Crippen LogP contribution in [0, 0.1) is 11.3 Å². The molecule has 3 nitrogen and oxygen atoms in total. The van der Waals surface area contributed by atoms with Crippen molar-refractivity contribution >= 4 is 18.3 Å². The largest absolute Gasteiger partial charge is 0.353 e. The van der Waals surface area contributed by atoms with Crippen molar-refractivity contribution in [2.75, 3.05) is 0 Å². The van der Waals surface area contributed by atoms with E-state index in [1.807, 2.05) is 6.92 Å². The van der Waals surface area contributed by atoms with Crippen molar-refractivity contribution in [1.29, 1.82) is 0 Å². The molecule has 0 aliphatic heterocycles. The molecule has 108 valence electrons. The minimum absolute atomic E-state index is 0. The Kier molecular flexibility index (Phi) is 7.23. The Morgan fingerprint density at radius 3 is 2.61 bits per heavy atom. The molecular formula is C14H29ClN2O. The zero-order valence-corrected chi connectivity index (χ0v) is 13.0. The van der Waals surface area contributed by atoms with E-state index in [9.17, 15) is 4.79 Å². The van der Waals surface area contributed by atoms with Crippen LogP contribution >= 0.6 is 12.4 Å². The topological polar surface area (TPSA) is 55.1 Å². The van der Waals surface area contributed by atoms with Crippen LogP contribution in [-0.4, -0.2) is 18.0 Å². The molecule has 3 unspecified atom stereocenters. The maximum Gasteiger partial charge on any atom is 0.220 e. The van der Waals surface area contributed by atoms with Crippen LogP contribution < -0.4 is 11.1 Å². The average molecular weight is 277 g/mol. The first-order chi connectivity index (χ1) is 7.80. The number of carbonyl (C=O) groups excluding carboxylic acids is 1. The van der Waals surface area contributed by atoms with Crippen molar-refractivity contribution in [3.8, 4) is 0 Å². The second-order valence-electron chi connectivity index (χ2n) is 6.57. The number of halogens is 1. The first kappa shape index (κ1) is 17.7. The maximum absolute atomic E-state index is 11.8. The number of carbonyl (C=O) groups is 1. The van der Waals surface area contributed by atoms with Gasteiger partial charge in [-0.15, -0.1) is 12.4 Å². The van der Waals surface area contributed by atoms with Gasteiger partial charge in [0.2, 0.25) is 5.91 Å². The fourth-order valence-electron chi connectivity index (χ4n) is 2.80. The molecule has 18 heavy (non-hydrogen) atoms. The van der Waals surface area contributed by atoms with Gasteiger partial charge in [-0.2, -0.15) is 0 Å². The molecule has 1 rings (SSSR count). The molecular weight excluding hydrogens is 248 g/mol. The van der Waals surface area contributed by atoms with Crippen LogP contribution in [0.15, 0.2) is 0 Å². The van der Waals surface area contributed by atoms with Crippen molar-refractivity contribution in [1.82, 2.24) is 5.32 Å². The molecule has 0 aromatic heterocycles. The lowest BCUT2D eigenvalue weighted by Gasteiger charge is -2.39. The highest BCUT2D eigenvalue weighted by Crippen LogP contribution is 2.38. The molecule has 1 amide bonds. The third-order valence-corrected chi connectivity index (χ3v) is 3.87. The molecule has 0 spiro atoms. The first-order valence-electron chi connectivity index (χ1n) is 6.85. The molecule has 0 aromatic rings. The monoisotopic (exact) mass is 276 g/mol. The Morgan fingerprint density at radius 2 is 2.11 bits per heavy atom. The zero-order chi connectivity index (χ0) is 13.1. The van der Waals surface area contributed by atoms with Crippen LogP contribution in [0.25, 0.3) is 0 Å². The van der Waals surface area contributed by atoms with E-state index in [0.717, 1.165) is 12.8 Å². The van der Waals surface area contributed by atoms with E-state index >= 15 is 0 Å². The Morgan fingerprint density at radius 1 is 1.50 bits per heavy atom. The van der Waals surface area contributed by atoms with E-state index in [1.165, 1.54) is 12.8 Å². The van der Waals surface area contributed by atoms with E-state index in [1.54, 1.807) is 0 Å². The second kappa shape index (κ2) is 7.34. The molecule has 3 N–H and O–H groups in total. The lowest BCUT2D eigenvalue weighted by molar-refractivity contribution is -0.122. The van der Waals surface area contributed by atoms with Crippen molar-refractivity contribution in [2.45, 2.75) is 71.9 Å². The van der Waals surface area contributed by atoms with Gasteiger partial charge in [0.05, 0.1) is 0 Å². The molecule has 0 saturated heterocycles. The summed E-state index contributed by atoms with van der Waals surface area (Å²) in [7, 11) is 0. The first-order valence-corrected chi connectivity index (χ1v) is 6.85. The molecule has 3 atom stereocenters. The van der Waals surface area contributed by atoms with Gasteiger partial charge in [-0.25, -0.2) is 0 Å². The predicted octanol–water partition coefficient (Wildman–Crippen LogP) is 2.87. The number of hydrogen-bond donors (Lipinski definition) is 2. The SMILES string of the molecule is CC(N)CCC(=O)NC1CCC(C)(C)CC1C.Cl. The summed E-state index contributed by atoms with van der Waals surface area (Å²) in [5, 5.41) is 3.17. The Bertz CT molecular complexity index is 267. The van der Waals surface area contributed by atoms with Gasteiger partial charge in [0.15, 0.2) is 0 Å². The van der Waals surface area contributed by atoms with Crippen molar-refractivity contribution in [3.63, 3.8) is 0 Å². The minimum atomic E-state index is 0. The van der Waals surface area contributed by atoms with Gasteiger partial charge >= 0.3 is 0 Å². The number of nitrogens with two attached hydrogens (primary N) is 1. The molecule has 0 radical (unpaired) electrons. The van der Waals surface area contributed by atoms with Crippen LogP contribution in [0.3, 0.4) is 0 Å².